The lowest BCUT2D eigenvalue weighted by Gasteiger charge is -2.08. The molecule has 19 heavy (non-hydrogen) atoms. The summed E-state index contributed by atoms with van der Waals surface area (Å²) in [5.41, 5.74) is 2.05. The highest BCUT2D eigenvalue weighted by atomic mass is 16.5. The molecule has 0 unspecified atom stereocenters. The summed E-state index contributed by atoms with van der Waals surface area (Å²) in [6.45, 7) is 10.9. The SMILES string of the molecule is C=CCNC(=O)c1[nH]c(C)c(C(=O)OC(C)C)c1C. The predicted octanol–water partition coefficient (Wildman–Crippen LogP) is 2.11. The molecular weight excluding hydrogens is 244 g/mol. The third-order valence-electron chi connectivity index (χ3n) is 2.62. The average Bonchev–Trinajstić information content (AvgIpc) is 2.61. The number of hydrogen-bond donors (Lipinski definition) is 2. The van der Waals surface area contributed by atoms with Crippen molar-refractivity contribution in [3.05, 3.63) is 35.2 Å². The summed E-state index contributed by atoms with van der Waals surface area (Å²) >= 11 is 0. The van der Waals surface area contributed by atoms with Gasteiger partial charge in [-0.05, 0) is 33.3 Å². The Hall–Kier alpha value is -2.04. The maximum Gasteiger partial charge on any atom is 0.340 e. The third kappa shape index (κ3) is 3.47. The molecule has 0 saturated carbocycles. The number of aryl methyl sites for hydroxylation is 1. The summed E-state index contributed by atoms with van der Waals surface area (Å²) in [4.78, 5) is 26.8. The average molecular weight is 264 g/mol. The second kappa shape index (κ2) is 6.22. The molecule has 1 heterocycles. The fraction of sp³-hybridized carbons (Fsp3) is 0.429. The number of H-pyrrole nitrogens is 1. The normalized spacial score (nSPS) is 10.4. The minimum absolute atomic E-state index is 0.195. The van der Waals surface area contributed by atoms with Crippen molar-refractivity contribution in [1.82, 2.24) is 10.3 Å². The van der Waals surface area contributed by atoms with Crippen LogP contribution in [-0.4, -0.2) is 29.5 Å². The van der Waals surface area contributed by atoms with E-state index in [2.05, 4.69) is 16.9 Å². The van der Waals surface area contributed by atoms with Gasteiger partial charge in [-0.15, -0.1) is 6.58 Å². The van der Waals surface area contributed by atoms with Gasteiger partial charge in [0.1, 0.15) is 5.69 Å². The van der Waals surface area contributed by atoms with Crippen molar-refractivity contribution in [2.45, 2.75) is 33.8 Å². The molecule has 5 nitrogen and oxygen atoms in total. The van der Waals surface area contributed by atoms with Crippen LogP contribution in [0.3, 0.4) is 0 Å². The van der Waals surface area contributed by atoms with Crippen LogP contribution in [0, 0.1) is 13.8 Å². The number of carbonyl (C=O) groups is 2. The number of nitrogens with one attached hydrogen (secondary N) is 2. The summed E-state index contributed by atoms with van der Waals surface area (Å²) in [7, 11) is 0. The van der Waals surface area contributed by atoms with Gasteiger partial charge in [0.15, 0.2) is 0 Å². The fourth-order valence-electron chi connectivity index (χ4n) is 1.81. The molecule has 0 aliphatic heterocycles. The topological polar surface area (TPSA) is 71.2 Å². The van der Waals surface area contributed by atoms with Gasteiger partial charge in [-0.25, -0.2) is 4.79 Å². The molecule has 104 valence electrons. The molecule has 5 heteroatoms. The molecule has 2 N–H and O–H groups in total. The van der Waals surface area contributed by atoms with E-state index in [9.17, 15) is 9.59 Å². The highest BCUT2D eigenvalue weighted by Gasteiger charge is 2.23. The van der Waals surface area contributed by atoms with Crippen LogP contribution in [0.25, 0.3) is 0 Å². The van der Waals surface area contributed by atoms with Crippen molar-refractivity contribution in [3.63, 3.8) is 0 Å². The van der Waals surface area contributed by atoms with E-state index in [0.29, 0.717) is 29.1 Å². The first-order valence-electron chi connectivity index (χ1n) is 6.17. The minimum atomic E-state index is -0.413. The monoisotopic (exact) mass is 264 g/mol. The second-order valence-corrected chi connectivity index (χ2v) is 4.58. The molecule has 0 aromatic carbocycles. The van der Waals surface area contributed by atoms with Crippen molar-refractivity contribution in [3.8, 4) is 0 Å². The van der Waals surface area contributed by atoms with Crippen molar-refractivity contribution in [2.75, 3.05) is 6.54 Å². The lowest BCUT2D eigenvalue weighted by Crippen LogP contribution is -2.24. The lowest BCUT2D eigenvalue weighted by molar-refractivity contribution is 0.0376. The summed E-state index contributed by atoms with van der Waals surface area (Å²) in [5.74, 6) is -0.673. The molecule has 1 aromatic rings. The molecule has 0 fully saturated rings. The zero-order valence-corrected chi connectivity index (χ0v) is 11.8. The molecule has 0 saturated heterocycles. The summed E-state index contributed by atoms with van der Waals surface area (Å²) < 4.78 is 5.17. The van der Waals surface area contributed by atoms with Crippen LogP contribution in [0.2, 0.25) is 0 Å². The first-order chi connectivity index (χ1) is 8.88. The van der Waals surface area contributed by atoms with E-state index in [4.69, 9.17) is 4.74 Å². The number of carbonyl (C=O) groups excluding carboxylic acids is 2. The zero-order valence-electron chi connectivity index (χ0n) is 11.8. The van der Waals surface area contributed by atoms with E-state index >= 15 is 0 Å². The standard InChI is InChI=1S/C14H20N2O3/c1-6-7-15-13(17)12-9(4)11(10(5)16-12)14(18)19-8(2)3/h6,8,16H,1,7H2,2-5H3,(H,15,17). The van der Waals surface area contributed by atoms with Crippen LogP contribution >= 0.6 is 0 Å². The van der Waals surface area contributed by atoms with E-state index in [-0.39, 0.29) is 12.0 Å². The molecule has 0 aliphatic carbocycles. The minimum Gasteiger partial charge on any atom is -0.459 e. The van der Waals surface area contributed by atoms with Crippen LogP contribution < -0.4 is 5.32 Å². The number of esters is 1. The lowest BCUT2D eigenvalue weighted by atomic mass is 10.1. The van der Waals surface area contributed by atoms with Gasteiger partial charge < -0.3 is 15.0 Å². The van der Waals surface area contributed by atoms with Gasteiger partial charge in [0.25, 0.3) is 5.91 Å². The van der Waals surface area contributed by atoms with E-state index < -0.39 is 5.97 Å². The Morgan fingerprint density at radius 2 is 2.05 bits per heavy atom. The van der Waals surface area contributed by atoms with Crippen molar-refractivity contribution >= 4 is 11.9 Å². The molecule has 1 aromatic heterocycles. The number of aromatic nitrogens is 1. The fourth-order valence-corrected chi connectivity index (χ4v) is 1.81. The van der Waals surface area contributed by atoms with Gasteiger partial charge >= 0.3 is 5.97 Å². The summed E-state index contributed by atoms with van der Waals surface area (Å²) in [6, 6.07) is 0. The highest BCUT2D eigenvalue weighted by molar-refractivity contribution is 6.00. The number of amides is 1. The Balaban J connectivity index is 3.03. The maximum atomic E-state index is 12.0. The first-order valence-corrected chi connectivity index (χ1v) is 6.17. The predicted molar refractivity (Wildman–Crippen MR) is 73.3 cm³/mol. The molecule has 1 amide bonds. The largest absolute Gasteiger partial charge is 0.459 e. The zero-order chi connectivity index (χ0) is 14.6. The van der Waals surface area contributed by atoms with Gasteiger partial charge in [0, 0.05) is 12.2 Å². The summed E-state index contributed by atoms with van der Waals surface area (Å²) in [6.07, 6.45) is 1.40. The van der Waals surface area contributed by atoms with Gasteiger partial charge in [-0.2, -0.15) is 0 Å². The molecular formula is C14H20N2O3. The van der Waals surface area contributed by atoms with E-state index in [1.54, 1.807) is 33.8 Å². The smallest absolute Gasteiger partial charge is 0.340 e. The van der Waals surface area contributed by atoms with Crippen LogP contribution in [0.4, 0.5) is 0 Å². The highest BCUT2D eigenvalue weighted by Crippen LogP contribution is 2.19. The molecule has 1 rings (SSSR count). The van der Waals surface area contributed by atoms with E-state index in [1.165, 1.54) is 0 Å². The molecule has 0 bridgehead atoms. The number of aromatic amines is 1. The van der Waals surface area contributed by atoms with Crippen molar-refractivity contribution in [1.29, 1.82) is 0 Å². The Kier molecular flexibility index (Phi) is 4.92. The van der Waals surface area contributed by atoms with Crippen LogP contribution in [-0.2, 0) is 4.74 Å². The molecule has 0 atom stereocenters. The molecule has 0 aliphatic rings. The Bertz CT molecular complexity index is 501. The van der Waals surface area contributed by atoms with Crippen LogP contribution in [0.1, 0.15) is 46.0 Å². The second-order valence-electron chi connectivity index (χ2n) is 4.58. The van der Waals surface area contributed by atoms with Crippen molar-refractivity contribution in [2.24, 2.45) is 0 Å². The van der Waals surface area contributed by atoms with E-state index in [0.717, 1.165) is 0 Å². The number of rotatable bonds is 5. The Morgan fingerprint density at radius 1 is 1.42 bits per heavy atom. The molecule has 0 radical (unpaired) electrons. The van der Waals surface area contributed by atoms with Crippen LogP contribution in [0.15, 0.2) is 12.7 Å². The molecule has 0 spiro atoms. The van der Waals surface area contributed by atoms with Gasteiger partial charge in [0.2, 0.25) is 0 Å². The Morgan fingerprint density at radius 3 is 2.58 bits per heavy atom. The van der Waals surface area contributed by atoms with E-state index in [1.807, 2.05) is 0 Å². The summed E-state index contributed by atoms with van der Waals surface area (Å²) in [5, 5.41) is 2.67. The maximum absolute atomic E-state index is 12.0. The Labute approximate surface area is 113 Å². The first kappa shape index (κ1) is 15.0. The number of ether oxygens (including phenoxy) is 1. The number of hydrogen-bond acceptors (Lipinski definition) is 3. The van der Waals surface area contributed by atoms with Gasteiger partial charge in [-0.1, -0.05) is 6.08 Å². The van der Waals surface area contributed by atoms with Gasteiger partial charge in [0.05, 0.1) is 11.7 Å². The third-order valence-corrected chi connectivity index (χ3v) is 2.62. The van der Waals surface area contributed by atoms with Crippen LogP contribution in [0.5, 0.6) is 0 Å². The van der Waals surface area contributed by atoms with Gasteiger partial charge in [-0.3, -0.25) is 4.79 Å². The van der Waals surface area contributed by atoms with Crippen molar-refractivity contribution < 1.29 is 14.3 Å². The quantitative estimate of drug-likeness (QED) is 0.632.